The molecule has 1 aliphatic carbocycles. The fourth-order valence-corrected chi connectivity index (χ4v) is 8.53. The Balaban J connectivity index is 1.19. The van der Waals surface area contributed by atoms with Crippen LogP contribution in [0.1, 0.15) is 24.9 Å². The average molecular weight is 559 g/mol. The van der Waals surface area contributed by atoms with Crippen LogP contribution in [0.3, 0.4) is 0 Å². The normalized spacial score (nSPS) is 21.9. The number of para-hydroxylation sites is 1. The van der Waals surface area contributed by atoms with Crippen molar-refractivity contribution in [2.75, 3.05) is 0 Å². The number of benzene rings is 5. The summed E-state index contributed by atoms with van der Waals surface area (Å²) in [5.74, 6) is 0. The van der Waals surface area contributed by atoms with Crippen molar-refractivity contribution in [3.63, 3.8) is 0 Å². The average Bonchev–Trinajstić information content (AvgIpc) is 3.64. The third-order valence-corrected chi connectivity index (χ3v) is 10.5. The lowest BCUT2D eigenvalue weighted by Gasteiger charge is -2.32. The Kier molecular flexibility index (Phi) is 5.20. The predicted molar refractivity (Wildman–Crippen MR) is 179 cm³/mol. The van der Waals surface area contributed by atoms with Gasteiger partial charge >= 0.3 is 0 Å². The highest BCUT2D eigenvalue weighted by Gasteiger charge is 2.41. The van der Waals surface area contributed by atoms with Gasteiger partial charge in [-0.25, -0.2) is 0 Å². The highest BCUT2D eigenvalue weighted by Crippen LogP contribution is 2.45. The van der Waals surface area contributed by atoms with Crippen LogP contribution < -0.4 is 5.32 Å². The third-order valence-electron chi connectivity index (χ3n) is 9.32. The maximum atomic E-state index is 3.73. The fraction of sp³-hybridized carbons (Fsp3) is 0.128. The lowest BCUT2D eigenvalue weighted by Crippen LogP contribution is -2.29. The van der Waals surface area contributed by atoms with Gasteiger partial charge in [0.1, 0.15) is 0 Å². The molecule has 9 rings (SSSR count). The molecule has 2 aliphatic rings. The van der Waals surface area contributed by atoms with Crippen molar-refractivity contribution < 1.29 is 0 Å². The molecule has 0 amide bonds. The standard InChI is InChI=1S/C39H30N2S/c1-39(22-10-13-27(24-39)37-36(40-37)25-11-3-2-4-12-25)41-33-18-7-5-14-29(33)32-23-26(20-21-34(32)41)28-16-9-17-31-30-15-6-8-19-35(30)42-38(28)31/h2-21,23-24,36-37,40H,22H2,1H3/t36?,37-,39?/m0/s1. The van der Waals surface area contributed by atoms with Crippen LogP contribution in [0.2, 0.25) is 0 Å². The Morgan fingerprint density at radius 2 is 1.48 bits per heavy atom. The first kappa shape index (κ1) is 24.2. The molecular weight excluding hydrogens is 529 g/mol. The van der Waals surface area contributed by atoms with Crippen molar-refractivity contribution in [2.24, 2.45) is 0 Å². The number of hydrogen-bond donors (Lipinski definition) is 1. The van der Waals surface area contributed by atoms with E-state index in [1.165, 1.54) is 64.2 Å². The summed E-state index contributed by atoms with van der Waals surface area (Å²) in [6, 6.07) is 43.1. The van der Waals surface area contributed by atoms with E-state index in [0.717, 1.165) is 6.42 Å². The van der Waals surface area contributed by atoms with Crippen molar-refractivity contribution in [1.29, 1.82) is 0 Å². The summed E-state index contributed by atoms with van der Waals surface area (Å²) < 4.78 is 5.30. The molecule has 1 saturated heterocycles. The second-order valence-corrected chi connectivity index (χ2v) is 13.1. The quantitative estimate of drug-likeness (QED) is 0.214. The highest BCUT2D eigenvalue weighted by molar-refractivity contribution is 7.26. The topological polar surface area (TPSA) is 26.9 Å². The third kappa shape index (κ3) is 3.60. The van der Waals surface area contributed by atoms with Crippen LogP contribution in [-0.4, -0.2) is 10.6 Å². The van der Waals surface area contributed by atoms with E-state index in [4.69, 9.17) is 0 Å². The minimum Gasteiger partial charge on any atom is -0.331 e. The molecule has 0 saturated carbocycles. The van der Waals surface area contributed by atoms with Crippen LogP contribution in [0.4, 0.5) is 0 Å². The van der Waals surface area contributed by atoms with Gasteiger partial charge in [0.25, 0.3) is 0 Å². The number of nitrogens with zero attached hydrogens (tertiary/aromatic N) is 1. The van der Waals surface area contributed by atoms with Crippen LogP contribution in [0.15, 0.2) is 139 Å². The van der Waals surface area contributed by atoms with E-state index in [-0.39, 0.29) is 5.54 Å². The summed E-state index contributed by atoms with van der Waals surface area (Å²) in [7, 11) is 0. The summed E-state index contributed by atoms with van der Waals surface area (Å²) >= 11 is 1.90. The predicted octanol–water partition coefficient (Wildman–Crippen LogP) is 10.1. The molecule has 7 aromatic rings. The number of nitrogens with one attached hydrogen (secondary N) is 1. The molecule has 0 spiro atoms. The van der Waals surface area contributed by atoms with Crippen LogP contribution in [0, 0.1) is 0 Å². The SMILES string of the molecule is CC1(n2c3ccccc3c3cc(-c4cccc5c4sc4ccccc45)ccc32)C=C([C@@H]2NC2c2ccccc2)C=CC1. The largest absolute Gasteiger partial charge is 0.331 e. The minimum atomic E-state index is -0.163. The molecule has 5 aromatic carbocycles. The summed E-state index contributed by atoms with van der Waals surface area (Å²) in [6.45, 7) is 2.40. The molecule has 2 nitrogen and oxygen atoms in total. The second-order valence-electron chi connectivity index (χ2n) is 12.0. The van der Waals surface area contributed by atoms with Crippen molar-refractivity contribution >= 4 is 53.3 Å². The van der Waals surface area contributed by atoms with E-state index >= 15 is 0 Å². The second kappa shape index (κ2) is 9.03. The van der Waals surface area contributed by atoms with Crippen molar-refractivity contribution in [3.8, 4) is 11.1 Å². The Morgan fingerprint density at radius 1 is 0.714 bits per heavy atom. The summed E-state index contributed by atoms with van der Waals surface area (Å²) in [5.41, 5.74) is 7.76. The van der Waals surface area contributed by atoms with E-state index in [0.29, 0.717) is 12.1 Å². The lowest BCUT2D eigenvalue weighted by molar-refractivity contribution is 0.433. The van der Waals surface area contributed by atoms with Gasteiger partial charge in [0.15, 0.2) is 0 Å². The first-order valence-electron chi connectivity index (χ1n) is 14.8. The number of rotatable bonds is 4. The van der Waals surface area contributed by atoms with Gasteiger partial charge in [0.05, 0.1) is 17.6 Å². The van der Waals surface area contributed by atoms with Crippen molar-refractivity contribution in [1.82, 2.24) is 9.88 Å². The Hall–Kier alpha value is -4.44. The lowest BCUT2D eigenvalue weighted by atomic mass is 9.87. The van der Waals surface area contributed by atoms with Crippen LogP contribution in [-0.2, 0) is 5.54 Å². The maximum absolute atomic E-state index is 3.73. The van der Waals surface area contributed by atoms with E-state index in [1.54, 1.807) is 0 Å². The number of hydrogen-bond acceptors (Lipinski definition) is 2. The Labute approximate surface area is 249 Å². The molecule has 1 fully saturated rings. The van der Waals surface area contributed by atoms with Crippen LogP contribution in [0.25, 0.3) is 53.1 Å². The molecule has 0 radical (unpaired) electrons. The van der Waals surface area contributed by atoms with E-state index in [2.05, 4.69) is 150 Å². The monoisotopic (exact) mass is 558 g/mol. The molecule has 3 heterocycles. The fourth-order valence-electron chi connectivity index (χ4n) is 7.29. The summed E-state index contributed by atoms with van der Waals surface area (Å²) in [4.78, 5) is 0. The molecule has 1 N–H and O–H groups in total. The van der Waals surface area contributed by atoms with Gasteiger partial charge < -0.3 is 4.57 Å². The Bertz CT molecular complexity index is 2230. The molecule has 1 aliphatic heterocycles. The first-order chi connectivity index (χ1) is 20.7. The van der Waals surface area contributed by atoms with Gasteiger partial charge in [-0.2, -0.15) is 0 Å². The van der Waals surface area contributed by atoms with Gasteiger partial charge in [-0.15, -0.1) is 11.3 Å². The van der Waals surface area contributed by atoms with E-state index in [1.807, 2.05) is 11.3 Å². The zero-order chi connectivity index (χ0) is 27.8. The maximum Gasteiger partial charge on any atom is 0.0646 e. The number of thiophene rings is 1. The molecule has 202 valence electrons. The van der Waals surface area contributed by atoms with E-state index in [9.17, 15) is 0 Å². The van der Waals surface area contributed by atoms with Gasteiger partial charge in [-0.1, -0.05) is 109 Å². The first-order valence-corrected chi connectivity index (χ1v) is 15.6. The number of allylic oxidation sites excluding steroid dienone is 2. The van der Waals surface area contributed by atoms with Crippen molar-refractivity contribution in [2.45, 2.75) is 31.0 Å². The molecular formula is C39H30N2S. The molecule has 3 heteroatoms. The zero-order valence-electron chi connectivity index (χ0n) is 23.4. The molecule has 2 unspecified atom stereocenters. The minimum absolute atomic E-state index is 0.163. The molecule has 2 aromatic heterocycles. The summed E-state index contributed by atoms with van der Waals surface area (Å²) in [6.07, 6.45) is 8.19. The summed E-state index contributed by atoms with van der Waals surface area (Å²) in [5, 5.41) is 9.06. The number of fused-ring (bicyclic) bond motifs is 6. The molecule has 0 bridgehead atoms. The van der Waals surface area contributed by atoms with Gasteiger partial charge in [-0.05, 0) is 59.9 Å². The zero-order valence-corrected chi connectivity index (χ0v) is 24.2. The van der Waals surface area contributed by atoms with Crippen LogP contribution in [0.5, 0.6) is 0 Å². The highest BCUT2D eigenvalue weighted by atomic mass is 32.1. The van der Waals surface area contributed by atoms with E-state index < -0.39 is 0 Å². The van der Waals surface area contributed by atoms with Crippen LogP contribution >= 0.6 is 11.3 Å². The molecule has 3 atom stereocenters. The smallest absolute Gasteiger partial charge is 0.0646 e. The van der Waals surface area contributed by atoms with Gasteiger partial charge in [-0.3, -0.25) is 5.32 Å². The number of aromatic nitrogens is 1. The molecule has 42 heavy (non-hydrogen) atoms. The van der Waals surface area contributed by atoms with Gasteiger partial charge in [0, 0.05) is 42.0 Å². The van der Waals surface area contributed by atoms with Gasteiger partial charge in [0.2, 0.25) is 0 Å². The Morgan fingerprint density at radius 3 is 2.38 bits per heavy atom. The van der Waals surface area contributed by atoms with Crippen molar-refractivity contribution in [3.05, 3.63) is 145 Å².